The predicted octanol–water partition coefficient (Wildman–Crippen LogP) is 1.55. The van der Waals surface area contributed by atoms with E-state index in [-0.39, 0.29) is 35.0 Å². The van der Waals surface area contributed by atoms with E-state index in [1.807, 2.05) is 0 Å². The van der Waals surface area contributed by atoms with Crippen LogP contribution in [0.2, 0.25) is 0 Å². The number of ether oxygens (including phenoxy) is 3. The number of hydrogen-bond donors (Lipinski definition) is 2. The SMILES string of the molecule is COCC1OCC2(C)C(CCC3(C)C(CC(=O)N4CCC(O)C4)C(O)CCC23)O1. The van der Waals surface area contributed by atoms with Crippen molar-refractivity contribution < 1.29 is 29.2 Å². The number of rotatable bonds is 4. The van der Waals surface area contributed by atoms with Gasteiger partial charge in [0.05, 0.1) is 31.5 Å². The lowest BCUT2D eigenvalue weighted by molar-refractivity contribution is -0.316. The number of carbonyl (C=O) groups excluding carboxylic acids is 1. The van der Waals surface area contributed by atoms with Crippen molar-refractivity contribution in [3.63, 3.8) is 0 Å². The summed E-state index contributed by atoms with van der Waals surface area (Å²) in [6.45, 7) is 6.62. The number of carbonyl (C=O) groups is 1. The van der Waals surface area contributed by atoms with Gasteiger partial charge in [-0.05, 0) is 49.4 Å². The van der Waals surface area contributed by atoms with Crippen molar-refractivity contribution in [2.24, 2.45) is 22.7 Å². The monoisotopic (exact) mass is 411 g/mol. The van der Waals surface area contributed by atoms with Gasteiger partial charge in [0, 0.05) is 32.0 Å². The Morgan fingerprint density at radius 2 is 1.97 bits per heavy atom. The van der Waals surface area contributed by atoms with E-state index in [0.717, 1.165) is 19.3 Å². The first-order valence-electron chi connectivity index (χ1n) is 11.2. The average Bonchev–Trinajstić information content (AvgIpc) is 3.11. The van der Waals surface area contributed by atoms with Crippen LogP contribution in [0.5, 0.6) is 0 Å². The Balaban J connectivity index is 1.52. The third-order valence-corrected chi connectivity index (χ3v) is 8.45. The van der Waals surface area contributed by atoms with E-state index in [1.54, 1.807) is 12.0 Å². The highest BCUT2D eigenvalue weighted by Crippen LogP contribution is 2.62. The molecule has 2 heterocycles. The minimum atomic E-state index is -0.459. The van der Waals surface area contributed by atoms with Gasteiger partial charge in [-0.2, -0.15) is 0 Å². The van der Waals surface area contributed by atoms with E-state index in [9.17, 15) is 15.0 Å². The molecule has 166 valence electrons. The number of likely N-dealkylation sites (tertiary alicyclic amines) is 1. The summed E-state index contributed by atoms with van der Waals surface area (Å²) in [6, 6.07) is 0. The maximum absolute atomic E-state index is 12.9. The second-order valence-electron chi connectivity index (χ2n) is 10.2. The Labute approximate surface area is 173 Å². The van der Waals surface area contributed by atoms with Gasteiger partial charge >= 0.3 is 0 Å². The molecule has 8 atom stereocenters. The molecule has 2 aliphatic heterocycles. The molecule has 4 aliphatic rings. The summed E-state index contributed by atoms with van der Waals surface area (Å²) in [5.41, 5.74) is -0.250. The van der Waals surface area contributed by atoms with Gasteiger partial charge in [-0.3, -0.25) is 4.79 Å². The third kappa shape index (κ3) is 3.74. The molecular formula is C22H37NO6. The molecule has 0 aromatic heterocycles. The Morgan fingerprint density at radius 1 is 1.17 bits per heavy atom. The fraction of sp³-hybridized carbons (Fsp3) is 0.955. The minimum absolute atomic E-state index is 0.0658. The summed E-state index contributed by atoms with van der Waals surface area (Å²) in [4.78, 5) is 14.7. The van der Waals surface area contributed by atoms with E-state index in [1.165, 1.54) is 0 Å². The fourth-order valence-electron chi connectivity index (χ4n) is 6.80. The average molecular weight is 412 g/mol. The van der Waals surface area contributed by atoms with Crippen LogP contribution in [-0.2, 0) is 19.0 Å². The van der Waals surface area contributed by atoms with Crippen molar-refractivity contribution in [1.29, 1.82) is 0 Å². The van der Waals surface area contributed by atoms with Gasteiger partial charge in [0.25, 0.3) is 0 Å². The van der Waals surface area contributed by atoms with Crippen LogP contribution in [0.25, 0.3) is 0 Å². The highest BCUT2D eigenvalue weighted by Gasteiger charge is 2.61. The van der Waals surface area contributed by atoms with Gasteiger partial charge in [0.2, 0.25) is 5.91 Å². The highest BCUT2D eigenvalue weighted by molar-refractivity contribution is 5.77. The molecule has 7 heteroatoms. The van der Waals surface area contributed by atoms with E-state index in [0.29, 0.717) is 51.5 Å². The summed E-state index contributed by atoms with van der Waals surface area (Å²) < 4.78 is 17.5. The number of β-amino-alcohol motifs (C(OH)–C–C–N with tert-alkyl or cyclic N) is 1. The number of hydrogen-bond acceptors (Lipinski definition) is 6. The molecule has 0 aromatic rings. The first-order chi connectivity index (χ1) is 13.8. The van der Waals surface area contributed by atoms with Gasteiger partial charge in [-0.25, -0.2) is 0 Å². The van der Waals surface area contributed by atoms with Crippen LogP contribution in [-0.4, -0.2) is 79.0 Å². The highest BCUT2D eigenvalue weighted by atomic mass is 16.7. The second kappa shape index (κ2) is 8.08. The van der Waals surface area contributed by atoms with Crippen molar-refractivity contribution in [3.8, 4) is 0 Å². The van der Waals surface area contributed by atoms with E-state index < -0.39 is 12.2 Å². The summed E-state index contributed by atoms with van der Waals surface area (Å²) in [6.07, 6.45) is 3.44. The third-order valence-electron chi connectivity index (χ3n) is 8.45. The molecular weight excluding hydrogens is 374 g/mol. The summed E-state index contributed by atoms with van der Waals surface area (Å²) >= 11 is 0. The van der Waals surface area contributed by atoms with Crippen LogP contribution in [0.4, 0.5) is 0 Å². The minimum Gasteiger partial charge on any atom is -0.393 e. The Kier molecular flexibility index (Phi) is 5.99. The number of fused-ring (bicyclic) bond motifs is 3. The van der Waals surface area contributed by atoms with E-state index in [4.69, 9.17) is 14.2 Å². The quantitative estimate of drug-likeness (QED) is 0.730. The molecule has 29 heavy (non-hydrogen) atoms. The number of aliphatic hydroxyl groups is 2. The van der Waals surface area contributed by atoms with Gasteiger partial charge < -0.3 is 29.3 Å². The van der Waals surface area contributed by atoms with Crippen LogP contribution < -0.4 is 0 Å². The smallest absolute Gasteiger partial charge is 0.223 e. The van der Waals surface area contributed by atoms with Crippen LogP contribution in [0.3, 0.4) is 0 Å². The molecule has 8 unspecified atom stereocenters. The molecule has 0 spiro atoms. The van der Waals surface area contributed by atoms with E-state index in [2.05, 4.69) is 13.8 Å². The molecule has 2 aliphatic carbocycles. The standard InChI is InChI=1S/C22H37NO6/c1-21-8-6-18-22(2,13-28-20(29-18)12-27-3)17(21)5-4-16(25)15(21)10-19(26)23-9-7-14(24)11-23/h14-18,20,24-25H,4-13H2,1-3H3. The van der Waals surface area contributed by atoms with Crippen molar-refractivity contribution in [3.05, 3.63) is 0 Å². The zero-order valence-corrected chi connectivity index (χ0v) is 18.0. The van der Waals surface area contributed by atoms with Gasteiger partial charge in [-0.15, -0.1) is 0 Å². The predicted molar refractivity (Wildman–Crippen MR) is 106 cm³/mol. The molecule has 4 fully saturated rings. The maximum atomic E-state index is 12.9. The van der Waals surface area contributed by atoms with Gasteiger partial charge in [0.1, 0.15) is 0 Å². The first-order valence-corrected chi connectivity index (χ1v) is 11.2. The second-order valence-corrected chi connectivity index (χ2v) is 10.2. The molecule has 2 saturated heterocycles. The van der Waals surface area contributed by atoms with E-state index >= 15 is 0 Å². The lowest BCUT2D eigenvalue weighted by Gasteiger charge is -2.63. The largest absolute Gasteiger partial charge is 0.393 e. The summed E-state index contributed by atoms with van der Waals surface area (Å²) in [5.74, 6) is 0.333. The normalized spacial score (nSPS) is 47.6. The zero-order valence-electron chi connectivity index (χ0n) is 18.0. The zero-order chi connectivity index (χ0) is 20.8. The number of nitrogens with zero attached hydrogens (tertiary/aromatic N) is 1. The number of aliphatic hydroxyl groups excluding tert-OH is 2. The summed E-state index contributed by atoms with van der Waals surface area (Å²) in [5, 5.41) is 20.7. The molecule has 0 aromatic carbocycles. The Bertz CT molecular complexity index is 616. The molecule has 2 N–H and O–H groups in total. The Hall–Kier alpha value is -0.730. The van der Waals surface area contributed by atoms with Crippen molar-refractivity contribution in [1.82, 2.24) is 4.90 Å². The van der Waals surface area contributed by atoms with Gasteiger partial charge in [-0.1, -0.05) is 13.8 Å². The van der Waals surface area contributed by atoms with Crippen LogP contribution >= 0.6 is 0 Å². The molecule has 1 amide bonds. The molecule has 0 bridgehead atoms. The molecule has 7 nitrogen and oxygen atoms in total. The van der Waals surface area contributed by atoms with Crippen LogP contribution in [0.15, 0.2) is 0 Å². The molecule has 0 radical (unpaired) electrons. The van der Waals surface area contributed by atoms with Crippen molar-refractivity contribution >= 4 is 5.91 Å². The van der Waals surface area contributed by atoms with Crippen molar-refractivity contribution in [2.75, 3.05) is 33.4 Å². The lowest BCUT2D eigenvalue weighted by atomic mass is 9.46. The number of amides is 1. The first kappa shape index (κ1) is 21.5. The fourth-order valence-corrected chi connectivity index (χ4v) is 6.80. The maximum Gasteiger partial charge on any atom is 0.223 e. The van der Waals surface area contributed by atoms with Crippen LogP contribution in [0.1, 0.15) is 52.4 Å². The number of methoxy groups -OCH3 is 1. The van der Waals surface area contributed by atoms with Crippen LogP contribution in [0, 0.1) is 22.7 Å². The van der Waals surface area contributed by atoms with Crippen molar-refractivity contribution in [2.45, 2.75) is 77.0 Å². The molecule has 4 rings (SSSR count). The molecule has 2 saturated carbocycles. The summed E-state index contributed by atoms with van der Waals surface area (Å²) in [7, 11) is 1.65. The topological polar surface area (TPSA) is 88.5 Å². The van der Waals surface area contributed by atoms with Gasteiger partial charge in [0.15, 0.2) is 6.29 Å². The lowest BCUT2D eigenvalue weighted by Crippen LogP contribution is -2.63. The Morgan fingerprint density at radius 3 is 2.66 bits per heavy atom.